The second-order valence-electron chi connectivity index (χ2n) is 7.39. The molecule has 0 atom stereocenters. The van der Waals surface area contributed by atoms with Crippen molar-refractivity contribution in [2.75, 3.05) is 13.2 Å². The van der Waals surface area contributed by atoms with Crippen molar-refractivity contribution < 1.29 is 27.8 Å². The number of hydrogen-bond acceptors (Lipinski definition) is 3. The molecule has 0 saturated heterocycles. The van der Waals surface area contributed by atoms with Gasteiger partial charge in [0.15, 0.2) is 0 Å². The predicted molar refractivity (Wildman–Crippen MR) is 116 cm³/mol. The van der Waals surface area contributed by atoms with Crippen LogP contribution in [0.15, 0.2) is 24.3 Å². The van der Waals surface area contributed by atoms with Gasteiger partial charge in [-0.1, -0.05) is 70.9 Å². The summed E-state index contributed by atoms with van der Waals surface area (Å²) in [6.07, 6.45) is 6.74. The van der Waals surface area contributed by atoms with E-state index in [4.69, 9.17) is 9.47 Å². The van der Waals surface area contributed by atoms with Gasteiger partial charge in [-0.2, -0.15) is 13.2 Å². The van der Waals surface area contributed by atoms with E-state index >= 15 is 0 Å². The summed E-state index contributed by atoms with van der Waals surface area (Å²) in [6, 6.07) is 5.33. The average Bonchev–Trinajstić information content (AvgIpc) is 2.68. The van der Waals surface area contributed by atoms with Gasteiger partial charge in [0.05, 0.1) is 5.56 Å². The van der Waals surface area contributed by atoms with Crippen LogP contribution in [0, 0.1) is 0 Å². The molecule has 0 spiro atoms. The van der Waals surface area contributed by atoms with Crippen molar-refractivity contribution in [1.82, 2.24) is 0 Å². The van der Waals surface area contributed by atoms with E-state index in [-0.39, 0.29) is 0 Å². The van der Waals surface area contributed by atoms with E-state index in [1.165, 1.54) is 44.2 Å². The Morgan fingerprint density at radius 3 is 1.67 bits per heavy atom. The molecule has 0 aliphatic carbocycles. The van der Waals surface area contributed by atoms with Crippen molar-refractivity contribution >= 4 is 0 Å². The van der Waals surface area contributed by atoms with Crippen LogP contribution in [0.4, 0.5) is 13.2 Å². The Morgan fingerprint density at radius 1 is 0.733 bits per heavy atom. The SMILES string of the molecule is CCCCCCCCCC(O)(OCC)OCC.CCCc1ccc(C(F)(F)F)cc1. The molecular weight excluding hydrogens is 393 g/mol. The number of unbranched alkanes of at least 4 members (excludes halogenated alkanes) is 6. The van der Waals surface area contributed by atoms with Crippen LogP contribution in [0.1, 0.15) is 96.6 Å². The van der Waals surface area contributed by atoms with E-state index in [2.05, 4.69) is 6.92 Å². The molecule has 0 aromatic heterocycles. The minimum atomic E-state index is -4.22. The van der Waals surface area contributed by atoms with Gasteiger partial charge >= 0.3 is 6.18 Å². The summed E-state index contributed by atoms with van der Waals surface area (Å²) < 4.78 is 46.8. The van der Waals surface area contributed by atoms with Crippen LogP contribution in [0.2, 0.25) is 0 Å². The second kappa shape index (κ2) is 16.6. The molecule has 0 unspecified atom stereocenters. The average molecular weight is 435 g/mol. The molecule has 30 heavy (non-hydrogen) atoms. The molecule has 1 aromatic carbocycles. The molecule has 6 heteroatoms. The molecule has 1 rings (SSSR count). The van der Waals surface area contributed by atoms with Gasteiger partial charge in [0.2, 0.25) is 0 Å². The van der Waals surface area contributed by atoms with E-state index in [1.54, 1.807) is 0 Å². The Morgan fingerprint density at radius 2 is 1.23 bits per heavy atom. The normalized spacial score (nSPS) is 11.9. The van der Waals surface area contributed by atoms with E-state index in [9.17, 15) is 18.3 Å². The zero-order valence-corrected chi connectivity index (χ0v) is 19.2. The second-order valence-corrected chi connectivity index (χ2v) is 7.39. The minimum Gasteiger partial charge on any atom is -0.343 e. The first kappa shape index (κ1) is 28.9. The van der Waals surface area contributed by atoms with Gasteiger partial charge in [-0.05, 0) is 44.4 Å². The van der Waals surface area contributed by atoms with E-state index in [0.717, 1.165) is 43.4 Å². The summed E-state index contributed by atoms with van der Waals surface area (Å²) >= 11 is 0. The molecule has 0 amide bonds. The molecule has 0 aliphatic rings. The highest BCUT2D eigenvalue weighted by molar-refractivity contribution is 5.24. The largest absolute Gasteiger partial charge is 0.416 e. The number of aryl methyl sites for hydroxylation is 1. The van der Waals surface area contributed by atoms with E-state index in [0.29, 0.717) is 19.6 Å². The number of hydrogen-bond donors (Lipinski definition) is 1. The lowest BCUT2D eigenvalue weighted by atomic mass is 10.1. The molecule has 0 aliphatic heterocycles. The summed E-state index contributed by atoms with van der Waals surface area (Å²) in [5.74, 6) is -1.35. The lowest BCUT2D eigenvalue weighted by Gasteiger charge is -2.26. The van der Waals surface area contributed by atoms with Crippen LogP contribution >= 0.6 is 0 Å². The highest BCUT2D eigenvalue weighted by Crippen LogP contribution is 2.29. The van der Waals surface area contributed by atoms with Gasteiger partial charge in [0.25, 0.3) is 5.97 Å². The lowest BCUT2D eigenvalue weighted by molar-refractivity contribution is -0.360. The number of alkyl halides is 3. The van der Waals surface area contributed by atoms with Crippen molar-refractivity contribution in [2.45, 2.75) is 104 Å². The van der Waals surface area contributed by atoms with Crippen LogP contribution in [0.3, 0.4) is 0 Å². The number of rotatable bonds is 14. The number of ether oxygens (including phenoxy) is 2. The van der Waals surface area contributed by atoms with Crippen molar-refractivity contribution in [1.29, 1.82) is 0 Å². The van der Waals surface area contributed by atoms with Gasteiger partial charge in [-0.3, -0.25) is 0 Å². The van der Waals surface area contributed by atoms with Crippen molar-refractivity contribution in [3.05, 3.63) is 35.4 Å². The first-order valence-electron chi connectivity index (χ1n) is 11.4. The first-order valence-corrected chi connectivity index (χ1v) is 11.4. The third-order valence-corrected chi connectivity index (χ3v) is 4.66. The first-order chi connectivity index (χ1) is 14.2. The Balaban J connectivity index is 0.000000579. The van der Waals surface area contributed by atoms with Crippen molar-refractivity contribution in [3.8, 4) is 0 Å². The molecule has 1 N–H and O–H groups in total. The highest BCUT2D eigenvalue weighted by Gasteiger charge is 2.29. The van der Waals surface area contributed by atoms with Crippen LogP contribution in [-0.4, -0.2) is 24.3 Å². The van der Waals surface area contributed by atoms with Crippen molar-refractivity contribution in [2.24, 2.45) is 0 Å². The quantitative estimate of drug-likeness (QED) is 0.243. The van der Waals surface area contributed by atoms with Crippen LogP contribution in [-0.2, 0) is 22.1 Å². The maximum atomic E-state index is 12.1. The fourth-order valence-electron chi connectivity index (χ4n) is 3.09. The highest BCUT2D eigenvalue weighted by atomic mass is 19.4. The van der Waals surface area contributed by atoms with Crippen LogP contribution in [0.5, 0.6) is 0 Å². The summed E-state index contributed by atoms with van der Waals surface area (Å²) in [7, 11) is 0. The van der Waals surface area contributed by atoms with Gasteiger partial charge < -0.3 is 14.6 Å². The monoisotopic (exact) mass is 434 g/mol. The smallest absolute Gasteiger partial charge is 0.343 e. The Hall–Kier alpha value is -1.11. The van der Waals surface area contributed by atoms with Crippen LogP contribution < -0.4 is 0 Å². The molecule has 0 bridgehead atoms. The molecule has 3 nitrogen and oxygen atoms in total. The fraction of sp³-hybridized carbons (Fsp3) is 0.750. The maximum Gasteiger partial charge on any atom is 0.416 e. The molecule has 0 saturated carbocycles. The number of halogens is 3. The molecule has 0 heterocycles. The minimum absolute atomic E-state index is 0.479. The topological polar surface area (TPSA) is 38.7 Å². The number of aliphatic hydroxyl groups is 1. The van der Waals surface area contributed by atoms with Crippen molar-refractivity contribution in [3.63, 3.8) is 0 Å². The van der Waals surface area contributed by atoms with E-state index in [1.807, 2.05) is 20.8 Å². The summed E-state index contributed by atoms with van der Waals surface area (Å²) in [4.78, 5) is 0. The Bertz CT molecular complexity index is 509. The Kier molecular flexibility index (Phi) is 16.0. The maximum absolute atomic E-state index is 12.1. The standard InChI is InChI=1S/C14H30O3.C10H11F3/c1-4-7-8-9-10-11-12-13-14(15,16-5-2)17-6-3;1-2-3-8-4-6-9(7-5-8)10(11,12)13/h15H,4-13H2,1-3H3;4-7H,2-3H2,1H3. The van der Waals surface area contributed by atoms with Crippen LogP contribution in [0.25, 0.3) is 0 Å². The zero-order valence-electron chi connectivity index (χ0n) is 19.2. The summed E-state index contributed by atoms with van der Waals surface area (Å²) in [5, 5.41) is 10.0. The molecule has 0 fully saturated rings. The molecule has 0 radical (unpaired) electrons. The number of benzene rings is 1. The third kappa shape index (κ3) is 14.0. The zero-order chi connectivity index (χ0) is 22.9. The van der Waals surface area contributed by atoms with Gasteiger partial charge in [0.1, 0.15) is 0 Å². The lowest BCUT2D eigenvalue weighted by Crippen LogP contribution is -2.35. The molecule has 1 aromatic rings. The predicted octanol–water partition coefficient (Wildman–Crippen LogP) is 7.50. The fourth-order valence-corrected chi connectivity index (χ4v) is 3.09. The molecular formula is C24H41F3O3. The van der Waals surface area contributed by atoms with Gasteiger partial charge in [-0.25, -0.2) is 0 Å². The van der Waals surface area contributed by atoms with Gasteiger partial charge in [0, 0.05) is 19.6 Å². The summed E-state index contributed by atoms with van der Waals surface area (Å²) in [6.45, 7) is 8.92. The summed E-state index contributed by atoms with van der Waals surface area (Å²) in [5.41, 5.74) is 0.378. The third-order valence-electron chi connectivity index (χ3n) is 4.66. The van der Waals surface area contributed by atoms with E-state index < -0.39 is 17.7 Å². The molecule has 176 valence electrons. The van der Waals surface area contributed by atoms with Gasteiger partial charge in [-0.15, -0.1) is 0 Å². The Labute approximate surface area is 181 Å².